The van der Waals surface area contributed by atoms with Gasteiger partial charge >= 0.3 is 0 Å². The van der Waals surface area contributed by atoms with Gasteiger partial charge in [0.2, 0.25) is 11.8 Å². The first-order valence-electron chi connectivity index (χ1n) is 25.8. The van der Waals surface area contributed by atoms with Crippen LogP contribution in [0.4, 0.5) is 5.69 Å². The zero-order valence-corrected chi connectivity index (χ0v) is 44.0. The first-order chi connectivity index (χ1) is 37.1. The maximum absolute atomic E-state index is 13.5. The molecule has 76 heavy (non-hydrogen) atoms. The summed E-state index contributed by atoms with van der Waals surface area (Å²) in [5.74, 6) is -1.99. The summed E-state index contributed by atoms with van der Waals surface area (Å²) in [6, 6.07) is 1.62. The van der Waals surface area contributed by atoms with Crippen molar-refractivity contribution < 1.29 is 85.7 Å². The molecule has 3 aliphatic rings. The minimum atomic E-state index is -0.501. The van der Waals surface area contributed by atoms with Gasteiger partial charge in [-0.05, 0) is 25.5 Å². The number of aliphatic imine (C=N–C) groups is 1. The lowest BCUT2D eigenvalue weighted by Gasteiger charge is -2.33. The third kappa shape index (κ3) is 26.1. The molecule has 0 aliphatic carbocycles. The normalized spacial score (nSPS) is 15.4. The summed E-state index contributed by atoms with van der Waals surface area (Å²) in [5.41, 5.74) is 7.71. The summed E-state index contributed by atoms with van der Waals surface area (Å²) >= 11 is 0. The molecule has 1 atom stereocenters. The number of fused-ring (bicyclic) bond motifs is 1. The number of pyridine rings is 1. The van der Waals surface area contributed by atoms with E-state index in [0.717, 1.165) is 23.5 Å². The molecule has 0 spiro atoms. The predicted molar refractivity (Wildman–Crippen MR) is 272 cm³/mol. The van der Waals surface area contributed by atoms with Crippen LogP contribution in [0.5, 0.6) is 0 Å². The first-order valence-corrected chi connectivity index (χ1v) is 25.8. The van der Waals surface area contributed by atoms with Crippen molar-refractivity contribution in [3.63, 3.8) is 0 Å². The lowest BCUT2D eigenvalue weighted by atomic mass is 10.1. The van der Waals surface area contributed by atoms with Crippen LogP contribution in [-0.2, 0) is 80.9 Å². The molecule has 426 valence electrons. The fourth-order valence-corrected chi connectivity index (χ4v) is 7.09. The van der Waals surface area contributed by atoms with Gasteiger partial charge in [-0.15, -0.1) is 0 Å². The highest BCUT2D eigenvalue weighted by atomic mass is 16.7. The molecule has 26 nitrogen and oxygen atoms in total. The van der Waals surface area contributed by atoms with Gasteiger partial charge in [0.25, 0.3) is 23.6 Å². The molecule has 0 aromatic carbocycles. The second-order valence-corrected chi connectivity index (χ2v) is 16.8. The number of nitrogens with zero attached hydrogens (tertiary/aromatic N) is 5. The molecule has 4 N–H and O–H groups in total. The van der Waals surface area contributed by atoms with Crippen molar-refractivity contribution in [2.75, 3.05) is 185 Å². The number of hydrogen-bond donors (Lipinski definition) is 3. The second-order valence-electron chi connectivity index (χ2n) is 16.8. The van der Waals surface area contributed by atoms with Crippen LogP contribution >= 0.6 is 0 Å². The van der Waals surface area contributed by atoms with E-state index in [9.17, 15) is 28.8 Å². The number of rotatable bonds is 43. The summed E-state index contributed by atoms with van der Waals surface area (Å²) < 4.78 is 60.7. The number of hydroxylamine groups is 2. The summed E-state index contributed by atoms with van der Waals surface area (Å²) in [7, 11) is 0. The summed E-state index contributed by atoms with van der Waals surface area (Å²) in [6.45, 7) is 13.5. The Labute approximate surface area is 444 Å². The Balaban J connectivity index is 0.854. The zero-order chi connectivity index (χ0) is 54.4. The van der Waals surface area contributed by atoms with Gasteiger partial charge in [0.1, 0.15) is 12.4 Å². The average Bonchev–Trinajstić information content (AvgIpc) is 3.62. The van der Waals surface area contributed by atoms with E-state index in [1.807, 2.05) is 13.8 Å². The van der Waals surface area contributed by atoms with Crippen LogP contribution in [-0.4, -0.2) is 252 Å². The van der Waals surface area contributed by atoms with Crippen molar-refractivity contribution in [3.8, 4) is 0 Å². The molecule has 0 bridgehead atoms. The van der Waals surface area contributed by atoms with Crippen molar-refractivity contribution in [3.05, 3.63) is 41.2 Å². The number of carbonyl (C=O) groups excluding carboxylic acids is 6. The van der Waals surface area contributed by atoms with Crippen LogP contribution < -0.4 is 16.4 Å². The second kappa shape index (κ2) is 39.1. The summed E-state index contributed by atoms with van der Waals surface area (Å²) in [4.78, 5) is 90.9. The van der Waals surface area contributed by atoms with E-state index in [1.54, 1.807) is 17.0 Å². The van der Waals surface area contributed by atoms with Crippen LogP contribution in [0, 0.1) is 0 Å². The Kier molecular flexibility index (Phi) is 32.5. The van der Waals surface area contributed by atoms with E-state index < -0.39 is 23.8 Å². The average molecular weight is 1080 g/mol. The quantitative estimate of drug-likeness (QED) is 0.0426. The maximum Gasteiger partial charge on any atom is 0.273 e. The molecule has 6 amide bonds. The van der Waals surface area contributed by atoms with Gasteiger partial charge in [0, 0.05) is 69.5 Å². The Morgan fingerprint density at radius 3 is 1.74 bits per heavy atom. The van der Waals surface area contributed by atoms with E-state index in [1.165, 1.54) is 11.3 Å². The van der Waals surface area contributed by atoms with Crippen LogP contribution in [0.2, 0.25) is 0 Å². The van der Waals surface area contributed by atoms with Crippen molar-refractivity contribution >= 4 is 53.0 Å². The number of nitrogens with two attached hydrogens (primary N) is 1. The number of hydrogen-bond acceptors (Lipinski definition) is 21. The number of imide groups is 1. The molecule has 1 aromatic heterocycles. The molecule has 0 saturated carbocycles. The number of nitrogens with one attached hydrogen (secondary N) is 2. The Bertz CT molecular complexity index is 1990. The molecule has 4 heterocycles. The lowest BCUT2D eigenvalue weighted by molar-refractivity contribution is -0.180. The van der Waals surface area contributed by atoms with Crippen LogP contribution in [0.25, 0.3) is 6.08 Å². The zero-order valence-electron chi connectivity index (χ0n) is 44.0. The van der Waals surface area contributed by atoms with Gasteiger partial charge in [-0.1, -0.05) is 6.92 Å². The molecule has 0 radical (unpaired) electrons. The molecule has 1 saturated heterocycles. The van der Waals surface area contributed by atoms with Crippen molar-refractivity contribution in [2.24, 2.45) is 10.7 Å². The highest BCUT2D eigenvalue weighted by Gasteiger charge is 2.28. The predicted octanol–water partition coefficient (Wildman–Crippen LogP) is -0.398. The van der Waals surface area contributed by atoms with Gasteiger partial charge in [-0.2, -0.15) is 0 Å². The number of ether oxygens (including phenoxy) is 11. The number of amides is 6. The van der Waals surface area contributed by atoms with E-state index in [4.69, 9.17) is 62.7 Å². The van der Waals surface area contributed by atoms with Crippen molar-refractivity contribution in [1.82, 2.24) is 30.5 Å². The lowest BCUT2D eigenvalue weighted by Crippen LogP contribution is -2.49. The minimum absolute atomic E-state index is 0.117. The monoisotopic (exact) mass is 1080 g/mol. The molecule has 1 aromatic rings. The molecule has 1 fully saturated rings. The number of aromatic nitrogens is 1. The molecule has 26 heteroatoms. The first kappa shape index (κ1) is 63.2. The summed E-state index contributed by atoms with van der Waals surface area (Å²) in [6.07, 6.45) is 5.95. The van der Waals surface area contributed by atoms with Crippen molar-refractivity contribution in [2.45, 2.75) is 39.2 Å². The van der Waals surface area contributed by atoms with E-state index in [0.29, 0.717) is 168 Å². The topological polar surface area (TPSA) is 298 Å². The minimum Gasteiger partial charge on any atom is -0.387 e. The van der Waals surface area contributed by atoms with Gasteiger partial charge in [0.15, 0.2) is 0 Å². The molecular formula is C50H78N8O18. The number of amidine groups is 1. The van der Waals surface area contributed by atoms with Gasteiger partial charge in [-0.25, -0.2) is 10.1 Å². The fraction of sp³-hybridized carbons (Fsp3) is 0.680. The van der Waals surface area contributed by atoms with Crippen LogP contribution in [0.1, 0.15) is 49.2 Å². The third-order valence-electron chi connectivity index (χ3n) is 10.8. The Hall–Kier alpha value is -5.36. The molecule has 0 unspecified atom stereocenters. The molecular weight excluding hydrogens is 1000 g/mol. The molecule has 4 rings (SSSR count). The van der Waals surface area contributed by atoms with E-state index >= 15 is 0 Å². The number of morpholine rings is 1. The van der Waals surface area contributed by atoms with Crippen molar-refractivity contribution in [1.29, 1.82) is 0 Å². The van der Waals surface area contributed by atoms with E-state index in [-0.39, 0.29) is 75.8 Å². The smallest absolute Gasteiger partial charge is 0.273 e. The third-order valence-corrected chi connectivity index (χ3v) is 10.8. The highest BCUT2D eigenvalue weighted by Crippen LogP contribution is 2.27. The SMILES string of the molecule is CCCN(OCC)C(=O)C1=Cc2ncc(C(=O)N3CCO[C@H](CNC(=O)CCOCCOCCOCCOCCOCCOCCOCCOCCOCCOCCNC(=O)CN4C(=O)C=CC4=O)C3)cc2N=C(N)C1. The van der Waals surface area contributed by atoms with Crippen LogP contribution in [0.3, 0.4) is 0 Å². The van der Waals surface area contributed by atoms with Gasteiger partial charge in [0.05, 0.1) is 168 Å². The molecule has 3 aliphatic heterocycles. The number of carbonyl (C=O) groups is 6. The highest BCUT2D eigenvalue weighted by molar-refractivity contribution is 6.14. The summed E-state index contributed by atoms with van der Waals surface area (Å²) in [5, 5.41) is 6.76. The van der Waals surface area contributed by atoms with Gasteiger partial charge in [-0.3, -0.25) is 43.5 Å². The Morgan fingerprint density at radius 1 is 0.711 bits per heavy atom. The van der Waals surface area contributed by atoms with E-state index in [2.05, 4.69) is 20.6 Å². The maximum atomic E-state index is 13.5. The van der Waals surface area contributed by atoms with Gasteiger partial charge < -0.3 is 73.4 Å². The van der Waals surface area contributed by atoms with Crippen LogP contribution in [0.15, 0.2) is 35.0 Å². The fourth-order valence-electron chi connectivity index (χ4n) is 7.09. The standard InChI is InChI=1S/C50H78N8O18/c1-3-9-58(76-4-2)50(64)39-32-42-43(55-44(51)34-39)33-40(35-53-42)49(63)56-10-13-75-41(37-56)36-54-45(59)7-11-65-14-16-67-18-20-69-22-24-71-26-28-73-30-31-74-29-27-72-25-23-70-21-19-68-17-15-66-12-8-52-46(60)38-57-47(61)5-6-48(57)62/h5-6,32-33,35,41H,3-4,7-31,34,36-38H2,1-2H3,(H2,51,55)(H,52,60)(H,54,59)/t41-/m1/s1. The Morgan fingerprint density at radius 2 is 1.22 bits per heavy atom. The largest absolute Gasteiger partial charge is 0.387 e.